The van der Waals surface area contributed by atoms with Crippen molar-refractivity contribution in [2.45, 2.75) is 51.2 Å². The van der Waals surface area contributed by atoms with Crippen molar-refractivity contribution in [1.29, 1.82) is 0 Å². The van der Waals surface area contributed by atoms with Gasteiger partial charge < -0.3 is 10.2 Å². The Morgan fingerprint density at radius 1 is 1.15 bits per heavy atom. The number of nitrogens with zero attached hydrogens (tertiary/aromatic N) is 4. The Morgan fingerprint density at radius 2 is 1.96 bits per heavy atom. The van der Waals surface area contributed by atoms with Gasteiger partial charge in [0.05, 0.1) is 6.04 Å². The Hall–Kier alpha value is -1.85. The zero-order valence-electron chi connectivity index (χ0n) is 16.7. The van der Waals surface area contributed by atoms with E-state index in [-0.39, 0.29) is 0 Å². The van der Waals surface area contributed by atoms with Crippen molar-refractivity contribution in [3.63, 3.8) is 0 Å². The molecule has 1 atom stereocenters. The molecule has 1 saturated carbocycles. The summed E-state index contributed by atoms with van der Waals surface area (Å²) in [5.41, 5.74) is 2.72. The summed E-state index contributed by atoms with van der Waals surface area (Å²) in [5.74, 6) is 0. The van der Waals surface area contributed by atoms with Crippen LogP contribution in [-0.4, -0.2) is 59.5 Å². The first kappa shape index (κ1) is 18.5. The normalized spacial score (nSPS) is 24.6. The van der Waals surface area contributed by atoms with Crippen LogP contribution in [0.5, 0.6) is 0 Å². The van der Waals surface area contributed by atoms with Gasteiger partial charge in [-0.05, 0) is 63.4 Å². The molecule has 146 valence electrons. The predicted octanol–water partition coefficient (Wildman–Crippen LogP) is 3.09. The smallest absolute Gasteiger partial charge is 0.0548 e. The maximum atomic E-state index is 4.36. The molecule has 0 spiro atoms. The van der Waals surface area contributed by atoms with Gasteiger partial charge in [0.1, 0.15) is 0 Å². The van der Waals surface area contributed by atoms with Gasteiger partial charge in [0.15, 0.2) is 0 Å². The summed E-state index contributed by atoms with van der Waals surface area (Å²) >= 11 is 0. The van der Waals surface area contributed by atoms with Crippen molar-refractivity contribution in [2.75, 3.05) is 37.6 Å². The van der Waals surface area contributed by atoms with Crippen molar-refractivity contribution in [1.82, 2.24) is 20.0 Å². The number of piperazine rings is 1. The number of rotatable bonds is 7. The molecule has 2 aromatic rings. The van der Waals surface area contributed by atoms with E-state index in [2.05, 4.69) is 69.2 Å². The predicted molar refractivity (Wildman–Crippen MR) is 111 cm³/mol. The number of nitrogens with one attached hydrogen (secondary N) is 1. The van der Waals surface area contributed by atoms with E-state index in [0.717, 1.165) is 13.1 Å². The molecule has 0 amide bonds. The fraction of sp³-hybridized carbons (Fsp3) is 0.591. The van der Waals surface area contributed by atoms with Crippen molar-refractivity contribution in [3.8, 4) is 0 Å². The van der Waals surface area contributed by atoms with Crippen molar-refractivity contribution < 1.29 is 0 Å². The zero-order valence-corrected chi connectivity index (χ0v) is 16.7. The number of hydrogen-bond donors (Lipinski definition) is 1. The van der Waals surface area contributed by atoms with Crippen LogP contribution in [-0.2, 0) is 0 Å². The third-order valence-corrected chi connectivity index (χ3v) is 6.15. The Bertz CT molecular complexity index is 699. The fourth-order valence-corrected chi connectivity index (χ4v) is 4.35. The molecule has 1 unspecified atom stereocenters. The van der Waals surface area contributed by atoms with Crippen LogP contribution < -0.4 is 10.2 Å². The molecule has 5 heteroatoms. The van der Waals surface area contributed by atoms with Crippen LogP contribution in [0.25, 0.3) is 0 Å². The topological polar surface area (TPSA) is 36.3 Å². The lowest BCUT2D eigenvalue weighted by molar-refractivity contribution is 0.186. The minimum absolute atomic E-state index is 0.586. The summed E-state index contributed by atoms with van der Waals surface area (Å²) in [4.78, 5) is 5.15. The van der Waals surface area contributed by atoms with Crippen molar-refractivity contribution >= 4 is 5.69 Å². The fourth-order valence-electron chi connectivity index (χ4n) is 4.35. The van der Waals surface area contributed by atoms with Gasteiger partial charge in [0.25, 0.3) is 0 Å². The number of anilines is 1. The average molecular weight is 368 g/mol. The molecular weight excluding hydrogens is 334 g/mol. The highest BCUT2D eigenvalue weighted by Gasteiger charge is 2.31. The first-order valence-electron chi connectivity index (χ1n) is 10.5. The van der Waals surface area contributed by atoms with Crippen LogP contribution in [0.2, 0.25) is 0 Å². The summed E-state index contributed by atoms with van der Waals surface area (Å²) in [6, 6.07) is 12.7. The molecule has 0 bridgehead atoms. The first-order chi connectivity index (χ1) is 13.2. The van der Waals surface area contributed by atoms with Crippen LogP contribution in [0.1, 0.15) is 37.8 Å². The van der Waals surface area contributed by atoms with E-state index in [1.54, 1.807) is 0 Å². The van der Waals surface area contributed by atoms with Gasteiger partial charge in [-0.3, -0.25) is 9.58 Å². The molecular formula is C22H33N5. The molecule has 1 aromatic carbocycles. The van der Waals surface area contributed by atoms with E-state index in [9.17, 15) is 0 Å². The molecule has 1 aliphatic carbocycles. The second kappa shape index (κ2) is 8.44. The zero-order chi connectivity index (χ0) is 18.6. The van der Waals surface area contributed by atoms with Crippen molar-refractivity contribution in [2.24, 2.45) is 0 Å². The Labute approximate surface area is 163 Å². The third kappa shape index (κ3) is 4.71. The molecule has 2 fully saturated rings. The molecule has 1 N–H and O–H groups in total. The lowest BCUT2D eigenvalue weighted by atomic mass is 9.86. The van der Waals surface area contributed by atoms with Crippen LogP contribution >= 0.6 is 0 Å². The lowest BCUT2D eigenvalue weighted by Gasteiger charge is -2.39. The third-order valence-electron chi connectivity index (χ3n) is 6.15. The summed E-state index contributed by atoms with van der Waals surface area (Å²) < 4.78 is 2.11. The standard InChI is InChI=1S/C22H33N5/c1-18-5-3-6-21(15-18)26-13-11-25(12-14-26)10-7-19(2)24-20-16-22(17-20)27-9-4-8-23-27/h3-6,8-9,15,19-20,22,24H,7,10-14,16-17H2,1-2H3. The Morgan fingerprint density at radius 3 is 2.67 bits per heavy atom. The monoisotopic (exact) mass is 367 g/mol. The van der Waals surface area contributed by atoms with Gasteiger partial charge in [-0.1, -0.05) is 12.1 Å². The maximum absolute atomic E-state index is 4.36. The van der Waals surface area contributed by atoms with Crippen molar-refractivity contribution in [3.05, 3.63) is 48.3 Å². The van der Waals surface area contributed by atoms with E-state index in [4.69, 9.17) is 0 Å². The molecule has 2 heterocycles. The number of aryl methyl sites for hydroxylation is 1. The van der Waals surface area contributed by atoms with Crippen LogP contribution in [0, 0.1) is 6.92 Å². The minimum Gasteiger partial charge on any atom is -0.369 e. The molecule has 27 heavy (non-hydrogen) atoms. The molecule has 4 rings (SSSR count). The highest BCUT2D eigenvalue weighted by Crippen LogP contribution is 2.31. The van der Waals surface area contributed by atoms with Gasteiger partial charge in [-0.15, -0.1) is 0 Å². The Kier molecular flexibility index (Phi) is 5.79. The average Bonchev–Trinajstić information content (AvgIpc) is 3.17. The highest BCUT2D eigenvalue weighted by atomic mass is 15.3. The second-order valence-corrected chi connectivity index (χ2v) is 8.33. The minimum atomic E-state index is 0.586. The number of hydrogen-bond acceptors (Lipinski definition) is 4. The lowest BCUT2D eigenvalue weighted by Crippen LogP contribution is -2.49. The highest BCUT2D eigenvalue weighted by molar-refractivity contribution is 5.48. The molecule has 0 radical (unpaired) electrons. The number of aromatic nitrogens is 2. The quantitative estimate of drug-likeness (QED) is 0.816. The van der Waals surface area contributed by atoms with Gasteiger partial charge in [0.2, 0.25) is 0 Å². The summed E-state index contributed by atoms with van der Waals surface area (Å²) in [6.45, 7) is 10.3. The molecule has 5 nitrogen and oxygen atoms in total. The molecule has 1 aromatic heterocycles. The molecule has 1 saturated heterocycles. The Balaban J connectivity index is 1.13. The summed E-state index contributed by atoms with van der Waals surface area (Å²) in [5, 5.41) is 8.17. The molecule has 2 aliphatic rings. The maximum Gasteiger partial charge on any atom is 0.0548 e. The van der Waals surface area contributed by atoms with Gasteiger partial charge in [-0.2, -0.15) is 5.10 Å². The van der Waals surface area contributed by atoms with Crippen LogP contribution in [0.3, 0.4) is 0 Å². The van der Waals surface area contributed by atoms with E-state index >= 15 is 0 Å². The van der Waals surface area contributed by atoms with E-state index in [0.29, 0.717) is 18.1 Å². The summed E-state index contributed by atoms with van der Waals surface area (Å²) in [7, 11) is 0. The SMILES string of the molecule is Cc1cccc(N2CCN(CCC(C)NC3CC(n4cccn4)C3)CC2)c1. The van der Waals surface area contributed by atoms with E-state index in [1.165, 1.54) is 50.1 Å². The van der Waals surface area contributed by atoms with Gasteiger partial charge >= 0.3 is 0 Å². The van der Waals surface area contributed by atoms with Gasteiger partial charge in [0, 0.05) is 56.3 Å². The van der Waals surface area contributed by atoms with E-state index < -0.39 is 0 Å². The van der Waals surface area contributed by atoms with E-state index in [1.807, 2.05) is 12.3 Å². The van der Waals surface area contributed by atoms with Gasteiger partial charge in [-0.25, -0.2) is 0 Å². The largest absolute Gasteiger partial charge is 0.369 e. The first-order valence-corrected chi connectivity index (χ1v) is 10.5. The van der Waals surface area contributed by atoms with Crippen LogP contribution in [0.15, 0.2) is 42.7 Å². The van der Waals surface area contributed by atoms with Crippen LogP contribution in [0.4, 0.5) is 5.69 Å². The second-order valence-electron chi connectivity index (χ2n) is 8.33. The summed E-state index contributed by atoms with van der Waals surface area (Å²) in [6.07, 6.45) is 7.61. The molecule has 1 aliphatic heterocycles. The number of benzene rings is 1.